The van der Waals surface area contributed by atoms with E-state index in [1.807, 2.05) is 6.08 Å². The van der Waals surface area contributed by atoms with E-state index in [2.05, 4.69) is 23.8 Å². The van der Waals surface area contributed by atoms with Gasteiger partial charge in [0, 0.05) is 6.54 Å². The molecule has 0 bridgehead atoms. The van der Waals surface area contributed by atoms with Gasteiger partial charge in [0.25, 0.3) is 0 Å². The Morgan fingerprint density at radius 3 is 2.93 bits per heavy atom. The SMILES string of the molecule is C=CCCCCCNCC1CCN(C)C1. The van der Waals surface area contributed by atoms with E-state index in [-0.39, 0.29) is 0 Å². The molecule has 1 saturated heterocycles. The molecule has 1 fully saturated rings. The van der Waals surface area contributed by atoms with Crippen LogP contribution in [0.4, 0.5) is 0 Å². The molecule has 2 heteroatoms. The molecule has 0 spiro atoms. The fraction of sp³-hybridized carbons (Fsp3) is 0.846. The summed E-state index contributed by atoms with van der Waals surface area (Å²) in [7, 11) is 2.22. The molecule has 0 aromatic carbocycles. The van der Waals surface area contributed by atoms with Crippen LogP contribution in [0.3, 0.4) is 0 Å². The van der Waals surface area contributed by atoms with Gasteiger partial charge in [0.1, 0.15) is 0 Å². The molecular formula is C13H26N2. The van der Waals surface area contributed by atoms with Crippen molar-refractivity contribution in [3.8, 4) is 0 Å². The van der Waals surface area contributed by atoms with Crippen LogP contribution in [0.25, 0.3) is 0 Å². The van der Waals surface area contributed by atoms with Crippen LogP contribution >= 0.6 is 0 Å². The van der Waals surface area contributed by atoms with Crippen LogP contribution in [0, 0.1) is 5.92 Å². The van der Waals surface area contributed by atoms with Crippen LogP contribution in [0.5, 0.6) is 0 Å². The van der Waals surface area contributed by atoms with Crippen molar-refractivity contribution in [1.29, 1.82) is 0 Å². The van der Waals surface area contributed by atoms with Gasteiger partial charge < -0.3 is 10.2 Å². The number of unbranched alkanes of at least 4 members (excludes halogenated alkanes) is 3. The Bertz CT molecular complexity index is 168. The van der Waals surface area contributed by atoms with Crippen molar-refractivity contribution < 1.29 is 0 Å². The Kier molecular flexibility index (Phi) is 6.69. The second-order valence-electron chi connectivity index (χ2n) is 4.76. The van der Waals surface area contributed by atoms with E-state index >= 15 is 0 Å². The number of hydrogen-bond acceptors (Lipinski definition) is 2. The number of hydrogen-bond donors (Lipinski definition) is 1. The lowest BCUT2D eigenvalue weighted by Gasteiger charge is -2.11. The van der Waals surface area contributed by atoms with Crippen LogP contribution in [-0.2, 0) is 0 Å². The van der Waals surface area contributed by atoms with E-state index in [4.69, 9.17) is 0 Å². The van der Waals surface area contributed by atoms with Crippen LogP contribution in [-0.4, -0.2) is 38.1 Å². The molecule has 0 saturated carbocycles. The third-order valence-corrected chi connectivity index (χ3v) is 3.18. The highest BCUT2D eigenvalue weighted by Crippen LogP contribution is 2.12. The summed E-state index contributed by atoms with van der Waals surface area (Å²) in [6.07, 6.45) is 8.52. The zero-order valence-corrected chi connectivity index (χ0v) is 10.2. The molecule has 0 aliphatic carbocycles. The summed E-state index contributed by atoms with van der Waals surface area (Å²) in [5.74, 6) is 0.892. The van der Waals surface area contributed by atoms with Gasteiger partial charge in [0.2, 0.25) is 0 Å². The summed E-state index contributed by atoms with van der Waals surface area (Å²) in [4.78, 5) is 2.43. The fourth-order valence-corrected chi connectivity index (χ4v) is 2.21. The van der Waals surface area contributed by atoms with E-state index < -0.39 is 0 Å². The third-order valence-electron chi connectivity index (χ3n) is 3.18. The minimum Gasteiger partial charge on any atom is -0.316 e. The zero-order chi connectivity index (χ0) is 10.9. The third kappa shape index (κ3) is 5.95. The van der Waals surface area contributed by atoms with Crippen molar-refractivity contribution in [3.05, 3.63) is 12.7 Å². The largest absolute Gasteiger partial charge is 0.316 e. The van der Waals surface area contributed by atoms with Gasteiger partial charge in [0.05, 0.1) is 0 Å². The second-order valence-corrected chi connectivity index (χ2v) is 4.76. The molecule has 1 rings (SSSR count). The maximum absolute atomic E-state index is 3.73. The fourth-order valence-electron chi connectivity index (χ4n) is 2.21. The molecule has 15 heavy (non-hydrogen) atoms. The maximum Gasteiger partial charge on any atom is 0.00192 e. The van der Waals surface area contributed by atoms with Crippen molar-refractivity contribution in [3.63, 3.8) is 0 Å². The van der Waals surface area contributed by atoms with E-state index in [9.17, 15) is 0 Å². The summed E-state index contributed by atoms with van der Waals surface area (Å²) in [5.41, 5.74) is 0. The molecule has 88 valence electrons. The van der Waals surface area contributed by atoms with E-state index in [0.717, 1.165) is 5.92 Å². The lowest BCUT2D eigenvalue weighted by atomic mass is 10.1. The Hall–Kier alpha value is -0.340. The van der Waals surface area contributed by atoms with E-state index in [1.54, 1.807) is 0 Å². The summed E-state index contributed by atoms with van der Waals surface area (Å²) in [6.45, 7) is 8.70. The number of likely N-dealkylation sites (tertiary alicyclic amines) is 1. The highest BCUT2D eigenvalue weighted by atomic mass is 15.1. The molecule has 0 radical (unpaired) electrons. The second kappa shape index (κ2) is 7.89. The first-order valence-corrected chi connectivity index (χ1v) is 6.33. The Labute approximate surface area is 94.7 Å². The summed E-state index contributed by atoms with van der Waals surface area (Å²) < 4.78 is 0. The molecule has 1 N–H and O–H groups in total. The quantitative estimate of drug-likeness (QED) is 0.488. The van der Waals surface area contributed by atoms with Gasteiger partial charge >= 0.3 is 0 Å². The smallest absolute Gasteiger partial charge is 0.00192 e. The predicted octanol–water partition coefficient (Wildman–Crippen LogP) is 2.27. The number of rotatable bonds is 8. The average Bonchev–Trinajstić information content (AvgIpc) is 2.63. The average molecular weight is 210 g/mol. The van der Waals surface area contributed by atoms with E-state index in [1.165, 1.54) is 58.3 Å². The van der Waals surface area contributed by atoms with Gasteiger partial charge in [-0.25, -0.2) is 0 Å². The first-order valence-electron chi connectivity index (χ1n) is 6.33. The molecule has 0 aromatic rings. The summed E-state index contributed by atoms with van der Waals surface area (Å²) >= 11 is 0. The minimum absolute atomic E-state index is 0.892. The maximum atomic E-state index is 3.73. The Balaban J connectivity index is 1.82. The van der Waals surface area contributed by atoms with Crippen LogP contribution in [0.15, 0.2) is 12.7 Å². The van der Waals surface area contributed by atoms with Gasteiger partial charge in [-0.1, -0.05) is 12.5 Å². The van der Waals surface area contributed by atoms with Crippen molar-refractivity contribution in [2.45, 2.75) is 32.1 Å². The number of nitrogens with zero attached hydrogens (tertiary/aromatic N) is 1. The molecule has 1 aliphatic heterocycles. The van der Waals surface area contributed by atoms with Crippen molar-refractivity contribution >= 4 is 0 Å². The first kappa shape index (κ1) is 12.7. The van der Waals surface area contributed by atoms with Crippen molar-refractivity contribution in [2.75, 3.05) is 33.2 Å². The lowest BCUT2D eigenvalue weighted by molar-refractivity contribution is 0.387. The molecule has 1 heterocycles. The Morgan fingerprint density at radius 1 is 1.40 bits per heavy atom. The molecule has 2 nitrogen and oxygen atoms in total. The topological polar surface area (TPSA) is 15.3 Å². The molecule has 1 aliphatic rings. The van der Waals surface area contributed by atoms with E-state index in [0.29, 0.717) is 0 Å². The van der Waals surface area contributed by atoms with Crippen LogP contribution in [0.1, 0.15) is 32.1 Å². The Morgan fingerprint density at radius 2 is 2.27 bits per heavy atom. The molecular weight excluding hydrogens is 184 g/mol. The molecule has 0 aromatic heterocycles. The van der Waals surface area contributed by atoms with Gasteiger partial charge in [-0.05, 0) is 58.3 Å². The summed E-state index contributed by atoms with van der Waals surface area (Å²) in [5, 5.41) is 3.57. The number of nitrogens with one attached hydrogen (secondary N) is 1. The predicted molar refractivity (Wildman–Crippen MR) is 67.1 cm³/mol. The highest BCUT2D eigenvalue weighted by molar-refractivity contribution is 4.74. The highest BCUT2D eigenvalue weighted by Gasteiger charge is 2.18. The minimum atomic E-state index is 0.892. The normalized spacial score (nSPS) is 22.1. The molecule has 1 unspecified atom stereocenters. The van der Waals surface area contributed by atoms with Gasteiger partial charge in [-0.15, -0.1) is 6.58 Å². The standard InChI is InChI=1S/C13H26N2/c1-3-4-5-6-7-9-14-11-13-8-10-15(2)12-13/h3,13-14H,1,4-12H2,2H3. The van der Waals surface area contributed by atoms with Crippen LogP contribution < -0.4 is 5.32 Å². The number of allylic oxidation sites excluding steroid dienone is 1. The van der Waals surface area contributed by atoms with Gasteiger partial charge in [-0.2, -0.15) is 0 Å². The molecule has 1 atom stereocenters. The molecule has 0 amide bonds. The van der Waals surface area contributed by atoms with Gasteiger partial charge in [-0.3, -0.25) is 0 Å². The first-order chi connectivity index (χ1) is 7.33. The zero-order valence-electron chi connectivity index (χ0n) is 10.2. The lowest BCUT2D eigenvalue weighted by Crippen LogP contribution is -2.25. The van der Waals surface area contributed by atoms with Crippen LogP contribution in [0.2, 0.25) is 0 Å². The van der Waals surface area contributed by atoms with Crippen molar-refractivity contribution in [2.24, 2.45) is 5.92 Å². The van der Waals surface area contributed by atoms with Crippen molar-refractivity contribution in [1.82, 2.24) is 10.2 Å². The monoisotopic (exact) mass is 210 g/mol. The van der Waals surface area contributed by atoms with Gasteiger partial charge in [0.15, 0.2) is 0 Å². The summed E-state index contributed by atoms with van der Waals surface area (Å²) in [6, 6.07) is 0.